The third kappa shape index (κ3) is 1.90. The third-order valence-electron chi connectivity index (χ3n) is 8.74. The number of fused-ring (bicyclic) bond motifs is 5. The maximum atomic E-state index is 12.0. The fraction of sp³-hybridized carbons (Fsp3) is 0.773. The Balaban J connectivity index is 1.79. The molecule has 0 heterocycles. The van der Waals surface area contributed by atoms with E-state index in [1.54, 1.807) is 0 Å². The van der Waals surface area contributed by atoms with Crippen molar-refractivity contribution in [3.63, 3.8) is 0 Å². The average Bonchev–Trinajstić information content (AvgIpc) is 2.82. The van der Waals surface area contributed by atoms with Gasteiger partial charge in [0.15, 0.2) is 5.78 Å². The van der Waals surface area contributed by atoms with Gasteiger partial charge in [-0.3, -0.25) is 4.79 Å². The monoisotopic (exact) mass is 328 g/mol. The van der Waals surface area contributed by atoms with E-state index in [2.05, 4.69) is 33.8 Å². The van der Waals surface area contributed by atoms with Gasteiger partial charge in [0.25, 0.3) is 0 Å². The largest absolute Gasteiger partial charge is 0.389 e. The molecule has 0 spiro atoms. The molecule has 0 amide bonds. The number of rotatable bonds is 1. The number of hydrogen-bond donors (Lipinski definition) is 1. The smallest absolute Gasteiger partial charge is 0.156 e. The number of carbonyl (C=O) groups excluding carboxylic acids is 1. The average molecular weight is 328 g/mol. The second-order valence-corrected chi connectivity index (χ2v) is 9.46. The summed E-state index contributed by atoms with van der Waals surface area (Å²) in [6.07, 6.45) is 11.4. The molecule has 0 aromatic carbocycles. The minimum atomic E-state index is -0.482. The Morgan fingerprint density at radius 1 is 1.17 bits per heavy atom. The van der Waals surface area contributed by atoms with Crippen molar-refractivity contribution in [3.05, 3.63) is 23.3 Å². The number of hydrogen-bond acceptors (Lipinski definition) is 2. The van der Waals surface area contributed by atoms with Gasteiger partial charge in [0, 0.05) is 6.42 Å². The van der Waals surface area contributed by atoms with Crippen LogP contribution in [0.3, 0.4) is 0 Å². The highest BCUT2D eigenvalue weighted by Gasteiger charge is 2.62. The second kappa shape index (κ2) is 5.06. The van der Waals surface area contributed by atoms with E-state index in [0.29, 0.717) is 30.0 Å². The quantitative estimate of drug-likeness (QED) is 0.749. The molecular formula is C22H32O2. The van der Waals surface area contributed by atoms with Crippen molar-refractivity contribution in [2.75, 3.05) is 0 Å². The molecule has 2 heteroatoms. The highest BCUT2D eigenvalue weighted by Crippen LogP contribution is 2.67. The van der Waals surface area contributed by atoms with E-state index in [1.807, 2.05) is 6.08 Å². The lowest BCUT2D eigenvalue weighted by atomic mass is 9.47. The summed E-state index contributed by atoms with van der Waals surface area (Å²) in [6, 6.07) is 0. The topological polar surface area (TPSA) is 37.3 Å². The second-order valence-electron chi connectivity index (χ2n) is 9.46. The van der Waals surface area contributed by atoms with E-state index < -0.39 is 5.60 Å². The summed E-state index contributed by atoms with van der Waals surface area (Å²) < 4.78 is 0. The Kier molecular flexibility index (Phi) is 3.50. The van der Waals surface area contributed by atoms with Crippen LogP contribution >= 0.6 is 0 Å². The fourth-order valence-electron chi connectivity index (χ4n) is 7.11. The van der Waals surface area contributed by atoms with Gasteiger partial charge in [0.05, 0.1) is 5.60 Å². The van der Waals surface area contributed by atoms with E-state index in [4.69, 9.17) is 0 Å². The first kappa shape index (κ1) is 16.6. The van der Waals surface area contributed by atoms with Crippen LogP contribution in [0.4, 0.5) is 0 Å². The van der Waals surface area contributed by atoms with Gasteiger partial charge >= 0.3 is 0 Å². The molecule has 0 bridgehead atoms. The molecule has 1 N–H and O–H groups in total. The van der Waals surface area contributed by atoms with Crippen LogP contribution in [0.2, 0.25) is 0 Å². The van der Waals surface area contributed by atoms with Gasteiger partial charge in [-0.05, 0) is 85.7 Å². The molecule has 4 aliphatic rings. The molecular weight excluding hydrogens is 296 g/mol. The zero-order valence-electron chi connectivity index (χ0n) is 15.7. The van der Waals surface area contributed by atoms with Gasteiger partial charge in [-0.1, -0.05) is 32.4 Å². The molecule has 4 aliphatic carbocycles. The van der Waals surface area contributed by atoms with Gasteiger partial charge in [0.2, 0.25) is 0 Å². The van der Waals surface area contributed by atoms with Crippen LogP contribution in [-0.2, 0) is 4.79 Å². The summed E-state index contributed by atoms with van der Waals surface area (Å²) in [7, 11) is 0. The first-order valence-electron chi connectivity index (χ1n) is 9.91. The van der Waals surface area contributed by atoms with E-state index in [1.165, 1.54) is 17.6 Å². The lowest BCUT2D eigenvalue weighted by molar-refractivity contribution is -0.121. The molecule has 24 heavy (non-hydrogen) atoms. The Bertz CT molecular complexity index is 644. The molecule has 3 unspecified atom stereocenters. The van der Waals surface area contributed by atoms with Crippen molar-refractivity contribution in [2.45, 2.75) is 78.2 Å². The number of aliphatic hydroxyl groups is 1. The van der Waals surface area contributed by atoms with Gasteiger partial charge in [0.1, 0.15) is 0 Å². The Labute approximate surface area is 146 Å². The maximum absolute atomic E-state index is 12.0. The van der Waals surface area contributed by atoms with Crippen molar-refractivity contribution in [1.82, 2.24) is 0 Å². The van der Waals surface area contributed by atoms with Crippen LogP contribution in [0.25, 0.3) is 0 Å². The van der Waals surface area contributed by atoms with Crippen LogP contribution < -0.4 is 0 Å². The zero-order chi connectivity index (χ0) is 17.3. The third-order valence-corrected chi connectivity index (χ3v) is 8.74. The fourth-order valence-corrected chi connectivity index (χ4v) is 7.11. The Hall–Kier alpha value is -0.890. The molecule has 4 rings (SSSR count). The van der Waals surface area contributed by atoms with E-state index in [9.17, 15) is 9.90 Å². The summed E-state index contributed by atoms with van der Waals surface area (Å²) in [6.45, 7) is 9.11. The summed E-state index contributed by atoms with van der Waals surface area (Å²) in [5.74, 6) is 2.10. The molecule has 2 nitrogen and oxygen atoms in total. The Morgan fingerprint density at radius 3 is 2.58 bits per heavy atom. The van der Waals surface area contributed by atoms with Crippen molar-refractivity contribution in [2.24, 2.45) is 28.6 Å². The summed E-state index contributed by atoms with van der Waals surface area (Å²) in [5.41, 5.74) is 2.37. The number of carbonyl (C=O) groups is 1. The van der Waals surface area contributed by atoms with Crippen molar-refractivity contribution in [1.29, 1.82) is 0 Å². The van der Waals surface area contributed by atoms with Gasteiger partial charge in [-0.15, -0.1) is 0 Å². The maximum Gasteiger partial charge on any atom is 0.156 e. The lowest BCUT2D eigenvalue weighted by Crippen LogP contribution is -2.54. The SMILES string of the molecule is CC[C@@]1(O)CCC2C3C=C(C)C4=CC(=O)CC[C@]4(C)C3CC[C@@]21C. The predicted octanol–water partition coefficient (Wildman–Crippen LogP) is 4.83. The van der Waals surface area contributed by atoms with Crippen LogP contribution in [0.1, 0.15) is 72.6 Å². The first-order valence-corrected chi connectivity index (χ1v) is 9.91. The molecule has 2 saturated carbocycles. The van der Waals surface area contributed by atoms with Crippen molar-refractivity contribution in [3.8, 4) is 0 Å². The Morgan fingerprint density at radius 2 is 1.88 bits per heavy atom. The van der Waals surface area contributed by atoms with E-state index in [-0.39, 0.29) is 10.8 Å². The number of ketones is 1. The van der Waals surface area contributed by atoms with Crippen LogP contribution in [0.15, 0.2) is 23.3 Å². The van der Waals surface area contributed by atoms with Crippen LogP contribution in [0, 0.1) is 28.6 Å². The number of allylic oxidation sites excluding steroid dienone is 4. The molecule has 132 valence electrons. The molecule has 0 aliphatic heterocycles. The standard InChI is InChI=1S/C22H32O2/c1-5-22(24)11-8-18-16-12-14(2)19-13-15(23)6-9-20(19,3)17(16)7-10-21(18,22)4/h12-13,16-18,24H,5-11H2,1-4H3/t16?,17?,18?,20-,21+,22-/m1/s1. The minimum absolute atomic E-state index is 0.0573. The van der Waals surface area contributed by atoms with Crippen LogP contribution in [0.5, 0.6) is 0 Å². The predicted molar refractivity (Wildman–Crippen MR) is 96.5 cm³/mol. The van der Waals surface area contributed by atoms with E-state index in [0.717, 1.165) is 32.1 Å². The highest BCUT2D eigenvalue weighted by atomic mass is 16.3. The van der Waals surface area contributed by atoms with Crippen molar-refractivity contribution < 1.29 is 9.90 Å². The zero-order valence-corrected chi connectivity index (χ0v) is 15.7. The van der Waals surface area contributed by atoms with Gasteiger partial charge in [-0.25, -0.2) is 0 Å². The molecule has 0 radical (unpaired) electrons. The van der Waals surface area contributed by atoms with Gasteiger partial charge < -0.3 is 5.11 Å². The first-order chi connectivity index (χ1) is 11.2. The summed E-state index contributed by atoms with van der Waals surface area (Å²) in [5, 5.41) is 11.3. The molecule has 0 saturated heterocycles. The minimum Gasteiger partial charge on any atom is -0.389 e. The normalized spacial score (nSPS) is 50.5. The molecule has 2 fully saturated rings. The summed E-state index contributed by atoms with van der Waals surface area (Å²) >= 11 is 0. The van der Waals surface area contributed by atoms with E-state index >= 15 is 0 Å². The highest BCUT2D eigenvalue weighted by molar-refractivity contribution is 5.92. The summed E-state index contributed by atoms with van der Waals surface area (Å²) in [4.78, 5) is 12.0. The molecule has 0 aromatic heterocycles. The van der Waals surface area contributed by atoms with Crippen LogP contribution in [-0.4, -0.2) is 16.5 Å². The van der Waals surface area contributed by atoms with Gasteiger partial charge in [-0.2, -0.15) is 0 Å². The lowest BCUT2D eigenvalue weighted by Gasteiger charge is -2.58. The molecule has 0 aromatic rings. The molecule has 6 atom stereocenters. The van der Waals surface area contributed by atoms with Crippen molar-refractivity contribution >= 4 is 5.78 Å².